The molecule has 2 aliphatic rings. The number of halogens is 3. The topological polar surface area (TPSA) is 37.2 Å². The lowest BCUT2D eigenvalue weighted by atomic mass is 9.92. The number of fused-ring (bicyclic) bond motifs is 3. The average molecular weight is 432 g/mol. The van der Waals surface area contributed by atoms with Crippen molar-refractivity contribution in [2.24, 2.45) is 18.9 Å². The first kappa shape index (κ1) is 19.3. The van der Waals surface area contributed by atoms with E-state index in [2.05, 4.69) is 11.2 Å². The van der Waals surface area contributed by atoms with Gasteiger partial charge in [0.2, 0.25) is 0 Å². The summed E-state index contributed by atoms with van der Waals surface area (Å²) >= 11 is 0. The molecule has 0 amide bonds. The number of piperidine rings is 1. The molecular weight excluding hydrogens is 413 g/mol. The molecule has 0 radical (unpaired) electrons. The number of phenols is 1. The van der Waals surface area contributed by atoms with Crippen molar-refractivity contribution in [3.05, 3.63) is 65.1 Å². The monoisotopic (exact) mass is 432 g/mol. The number of aromatic hydroxyl groups is 1. The van der Waals surface area contributed by atoms with Crippen molar-refractivity contribution in [2.75, 3.05) is 13.1 Å². The number of phenolic OH excluding ortho intramolecular Hbond substituents is 1. The zero-order chi connectivity index (χ0) is 22.3. The fraction of sp³-hybridized carbons (Fsp3) is 0.231. The Labute approximate surface area is 182 Å². The lowest BCUT2D eigenvalue weighted by Crippen LogP contribution is -2.13. The first-order valence-electron chi connectivity index (χ1n) is 10.5. The Hall–Kier alpha value is -3.43. The van der Waals surface area contributed by atoms with E-state index in [4.69, 9.17) is 6.42 Å². The van der Waals surface area contributed by atoms with Gasteiger partial charge in [-0.25, -0.2) is 13.2 Å². The van der Waals surface area contributed by atoms with Crippen LogP contribution in [0.5, 0.6) is 5.75 Å². The van der Waals surface area contributed by atoms with Crippen molar-refractivity contribution in [1.29, 1.82) is 0 Å². The Morgan fingerprint density at radius 3 is 2.56 bits per heavy atom. The molecule has 160 valence electrons. The maximum Gasteiger partial charge on any atom is 0.158 e. The van der Waals surface area contributed by atoms with Gasteiger partial charge in [0.1, 0.15) is 17.4 Å². The summed E-state index contributed by atoms with van der Waals surface area (Å²) in [7, 11) is 1.74. The molecule has 1 aliphatic carbocycles. The molecule has 32 heavy (non-hydrogen) atoms. The van der Waals surface area contributed by atoms with E-state index >= 15 is 8.78 Å². The second kappa shape index (κ2) is 6.54. The Kier molecular flexibility index (Phi) is 3.94. The number of aromatic nitrogens is 1. The van der Waals surface area contributed by atoms with Crippen molar-refractivity contribution in [2.45, 2.75) is 5.92 Å². The molecule has 1 aromatic heterocycles. The fourth-order valence-electron chi connectivity index (χ4n) is 5.67. The summed E-state index contributed by atoms with van der Waals surface area (Å²) in [5, 5.41) is 14.7. The maximum atomic E-state index is 16.0. The van der Waals surface area contributed by atoms with Gasteiger partial charge in [0.25, 0.3) is 0 Å². The molecule has 0 spiro atoms. The zero-order valence-electron chi connectivity index (χ0n) is 17.2. The lowest BCUT2D eigenvalue weighted by Gasteiger charge is -2.14. The quantitative estimate of drug-likeness (QED) is 0.436. The van der Waals surface area contributed by atoms with Gasteiger partial charge in [0, 0.05) is 29.6 Å². The summed E-state index contributed by atoms with van der Waals surface area (Å²) in [6, 6.07) is 6.60. The average Bonchev–Trinajstić information content (AvgIpc) is 3.05. The molecule has 1 aliphatic heterocycles. The number of hydrogen-bond donors (Lipinski definition) is 2. The van der Waals surface area contributed by atoms with Crippen LogP contribution in [0, 0.1) is 41.6 Å². The van der Waals surface area contributed by atoms with Crippen LogP contribution >= 0.6 is 0 Å². The van der Waals surface area contributed by atoms with E-state index in [1.165, 1.54) is 30.3 Å². The van der Waals surface area contributed by atoms with Gasteiger partial charge in [0.05, 0.1) is 16.6 Å². The molecule has 1 unspecified atom stereocenters. The van der Waals surface area contributed by atoms with E-state index in [-0.39, 0.29) is 33.3 Å². The highest BCUT2D eigenvalue weighted by Crippen LogP contribution is 2.57. The Morgan fingerprint density at radius 1 is 1.09 bits per heavy atom. The second-order valence-corrected chi connectivity index (χ2v) is 8.81. The van der Waals surface area contributed by atoms with Gasteiger partial charge in [0.15, 0.2) is 5.82 Å². The van der Waals surface area contributed by atoms with E-state index in [0.717, 1.165) is 18.7 Å². The molecule has 1 saturated heterocycles. The van der Waals surface area contributed by atoms with Gasteiger partial charge in [-0.15, -0.1) is 6.42 Å². The van der Waals surface area contributed by atoms with Gasteiger partial charge in [-0.1, -0.05) is 12.0 Å². The Balaban J connectivity index is 1.65. The third kappa shape index (κ3) is 2.49. The van der Waals surface area contributed by atoms with Crippen molar-refractivity contribution in [3.8, 4) is 29.2 Å². The molecule has 2 N–H and O–H groups in total. The van der Waals surface area contributed by atoms with E-state index in [1.807, 2.05) is 6.20 Å². The number of hydrogen-bond acceptors (Lipinski definition) is 2. The smallest absolute Gasteiger partial charge is 0.158 e. The summed E-state index contributed by atoms with van der Waals surface area (Å²) in [6.07, 6.45) is 7.41. The van der Waals surface area contributed by atoms with E-state index < -0.39 is 17.5 Å². The van der Waals surface area contributed by atoms with Gasteiger partial charge in [-0.05, 0) is 66.1 Å². The molecule has 0 bridgehead atoms. The summed E-state index contributed by atoms with van der Waals surface area (Å²) in [4.78, 5) is 0. The minimum absolute atomic E-state index is 0.0274. The Morgan fingerprint density at radius 2 is 1.84 bits per heavy atom. The van der Waals surface area contributed by atoms with Crippen LogP contribution in [0.4, 0.5) is 13.2 Å². The van der Waals surface area contributed by atoms with E-state index in [1.54, 1.807) is 11.6 Å². The molecule has 3 aromatic carbocycles. The molecule has 3 atom stereocenters. The largest absolute Gasteiger partial charge is 0.508 e. The van der Waals surface area contributed by atoms with Crippen molar-refractivity contribution < 1.29 is 18.3 Å². The van der Waals surface area contributed by atoms with Crippen molar-refractivity contribution in [3.63, 3.8) is 0 Å². The molecule has 4 aromatic rings. The third-order valence-corrected chi connectivity index (χ3v) is 7.10. The highest BCUT2D eigenvalue weighted by molar-refractivity contribution is 6.03. The molecular formula is C26H19F3N2O. The van der Waals surface area contributed by atoms with Crippen LogP contribution in [0.3, 0.4) is 0 Å². The number of terminal acetylenes is 1. The molecule has 1 saturated carbocycles. The first-order chi connectivity index (χ1) is 15.4. The van der Waals surface area contributed by atoms with Gasteiger partial charge in [-0.3, -0.25) is 0 Å². The van der Waals surface area contributed by atoms with Crippen LogP contribution in [-0.4, -0.2) is 22.8 Å². The number of nitrogens with zero attached hydrogens (tertiary/aromatic N) is 1. The molecule has 6 rings (SSSR count). The van der Waals surface area contributed by atoms with Gasteiger partial charge in [-0.2, -0.15) is 0 Å². The van der Waals surface area contributed by atoms with Crippen LogP contribution in [0.25, 0.3) is 32.8 Å². The summed E-state index contributed by atoms with van der Waals surface area (Å²) in [5.74, 6) is 1.22. The minimum Gasteiger partial charge on any atom is -0.508 e. The first-order valence-corrected chi connectivity index (χ1v) is 10.5. The molecule has 3 nitrogen and oxygen atoms in total. The summed E-state index contributed by atoms with van der Waals surface area (Å²) in [6.45, 7) is 1.84. The number of rotatable bonds is 2. The van der Waals surface area contributed by atoms with Crippen LogP contribution in [0.2, 0.25) is 0 Å². The van der Waals surface area contributed by atoms with Crippen LogP contribution in [0.15, 0.2) is 36.5 Å². The molecule has 2 heterocycles. The van der Waals surface area contributed by atoms with Crippen molar-refractivity contribution in [1.82, 2.24) is 9.88 Å². The molecule has 6 heteroatoms. The second-order valence-electron chi connectivity index (χ2n) is 8.81. The maximum absolute atomic E-state index is 16.0. The normalized spacial score (nSPS) is 21.8. The van der Waals surface area contributed by atoms with E-state index in [0.29, 0.717) is 28.5 Å². The highest BCUT2D eigenvalue weighted by atomic mass is 19.1. The van der Waals surface area contributed by atoms with Gasteiger partial charge < -0.3 is 15.0 Å². The summed E-state index contributed by atoms with van der Waals surface area (Å²) in [5.41, 5.74) is 0.844. The highest BCUT2D eigenvalue weighted by Gasteiger charge is 2.54. The number of nitrogens with one attached hydrogen (secondary N) is 1. The third-order valence-electron chi connectivity index (χ3n) is 7.10. The predicted octanol–water partition coefficient (Wildman–Crippen LogP) is 5.04. The van der Waals surface area contributed by atoms with Crippen LogP contribution < -0.4 is 5.32 Å². The SMILES string of the molecule is C#Cc1c(F)ccc2cc(O)cc(-c3c(F)cc4c(C5[C@H]6CNC[C@@H]56)cn(C)c4c3F)c12. The minimum atomic E-state index is -0.773. The predicted molar refractivity (Wildman–Crippen MR) is 118 cm³/mol. The Bertz CT molecular complexity index is 1490. The standard InChI is InChI=1S/C26H19F3N2O/c1-3-14-20(27)5-4-12-6-13(32)7-16(22(12)14)24-21(28)8-15-19(11-31(2)26(15)25(24)29)23-17-9-30-10-18(17)23/h1,4-8,11,17-18,23,30,32H,9-10H2,2H3/t17-,18+,23?. The van der Waals surface area contributed by atoms with Crippen LogP contribution in [-0.2, 0) is 7.05 Å². The summed E-state index contributed by atoms with van der Waals surface area (Å²) < 4.78 is 47.6. The fourth-order valence-corrected chi connectivity index (χ4v) is 5.67. The van der Waals surface area contributed by atoms with Gasteiger partial charge >= 0.3 is 0 Å². The lowest BCUT2D eigenvalue weighted by molar-refractivity contribution is 0.476. The molecule has 2 fully saturated rings. The van der Waals surface area contributed by atoms with Crippen molar-refractivity contribution >= 4 is 21.7 Å². The number of aryl methyl sites for hydroxylation is 1. The van der Waals surface area contributed by atoms with Crippen LogP contribution in [0.1, 0.15) is 17.0 Å². The van der Waals surface area contributed by atoms with E-state index in [9.17, 15) is 9.50 Å². The zero-order valence-corrected chi connectivity index (χ0v) is 17.2. The number of benzene rings is 3.